The lowest BCUT2D eigenvalue weighted by molar-refractivity contribution is 0.378. The van der Waals surface area contributed by atoms with Crippen LogP contribution in [0.2, 0.25) is 0 Å². The Balaban J connectivity index is 1.95. The van der Waals surface area contributed by atoms with E-state index in [-0.39, 0.29) is 0 Å². The molecule has 0 aliphatic carbocycles. The summed E-state index contributed by atoms with van der Waals surface area (Å²) in [6.07, 6.45) is 1.55. The predicted molar refractivity (Wildman–Crippen MR) is 53.9 cm³/mol. The van der Waals surface area contributed by atoms with Gasteiger partial charge < -0.3 is 10.1 Å². The summed E-state index contributed by atoms with van der Waals surface area (Å²) in [5.41, 5.74) is 1.19. The van der Waals surface area contributed by atoms with Crippen LogP contribution in [0.5, 0.6) is 0 Å². The molecule has 1 aromatic rings. The van der Waals surface area contributed by atoms with Crippen LogP contribution >= 0.6 is 0 Å². The molecule has 1 N–H and O–H groups in total. The zero-order valence-corrected chi connectivity index (χ0v) is 7.86. The van der Waals surface area contributed by atoms with E-state index in [1.165, 1.54) is 5.69 Å². The van der Waals surface area contributed by atoms with Gasteiger partial charge in [0.1, 0.15) is 6.10 Å². The van der Waals surface area contributed by atoms with Crippen LogP contribution in [0, 0.1) is 0 Å². The summed E-state index contributed by atoms with van der Waals surface area (Å²) < 4.78 is 5.27. The zero-order valence-electron chi connectivity index (χ0n) is 7.86. The molecule has 0 amide bonds. The Labute approximate surface area is 78.9 Å². The van der Waals surface area contributed by atoms with Crippen LogP contribution in [0.3, 0.4) is 0 Å². The lowest BCUT2D eigenvalue weighted by atomic mass is 10.1. The second kappa shape index (κ2) is 3.79. The van der Waals surface area contributed by atoms with Crippen LogP contribution in [-0.2, 0) is 4.74 Å². The van der Waals surface area contributed by atoms with E-state index < -0.39 is 0 Å². The second-order valence-corrected chi connectivity index (χ2v) is 3.40. The maximum absolute atomic E-state index is 5.27. The van der Waals surface area contributed by atoms with E-state index in [4.69, 9.17) is 4.74 Å². The third kappa shape index (κ3) is 2.22. The van der Waals surface area contributed by atoms with Gasteiger partial charge in [0.15, 0.2) is 0 Å². The van der Waals surface area contributed by atoms with Crippen molar-refractivity contribution >= 4 is 5.69 Å². The van der Waals surface area contributed by atoms with E-state index in [0.717, 1.165) is 13.0 Å². The van der Waals surface area contributed by atoms with E-state index in [0.29, 0.717) is 12.1 Å². The molecule has 1 fully saturated rings. The molecule has 13 heavy (non-hydrogen) atoms. The molecule has 2 unspecified atom stereocenters. The Morgan fingerprint density at radius 2 is 2.15 bits per heavy atom. The topological polar surface area (TPSA) is 24.6 Å². The number of para-hydroxylation sites is 1. The molecule has 0 aromatic heterocycles. The highest BCUT2D eigenvalue weighted by atomic mass is 16.6. The Morgan fingerprint density at radius 1 is 1.46 bits per heavy atom. The van der Waals surface area contributed by atoms with Gasteiger partial charge in [-0.3, -0.25) is 0 Å². The van der Waals surface area contributed by atoms with Crippen molar-refractivity contribution in [2.75, 3.05) is 11.9 Å². The molecule has 1 heterocycles. The van der Waals surface area contributed by atoms with Crippen LogP contribution in [0.4, 0.5) is 5.69 Å². The highest BCUT2D eigenvalue weighted by Crippen LogP contribution is 2.20. The van der Waals surface area contributed by atoms with E-state index in [1.54, 1.807) is 0 Å². The highest BCUT2D eigenvalue weighted by molar-refractivity contribution is 5.43. The van der Waals surface area contributed by atoms with Crippen LogP contribution in [-0.4, -0.2) is 18.8 Å². The van der Waals surface area contributed by atoms with E-state index in [2.05, 4.69) is 24.4 Å². The molecule has 2 nitrogen and oxygen atoms in total. The first kappa shape index (κ1) is 8.57. The van der Waals surface area contributed by atoms with Gasteiger partial charge in [0, 0.05) is 5.69 Å². The number of anilines is 1. The predicted octanol–water partition coefficient (Wildman–Crippen LogP) is 2.28. The normalized spacial score (nSPS) is 22.4. The Hall–Kier alpha value is -1.02. The molecule has 2 atom stereocenters. The lowest BCUT2D eigenvalue weighted by Gasteiger charge is -2.15. The maximum atomic E-state index is 5.27. The summed E-state index contributed by atoms with van der Waals surface area (Å²) in [5, 5.41) is 3.47. The first-order valence-corrected chi connectivity index (χ1v) is 4.83. The van der Waals surface area contributed by atoms with Gasteiger partial charge in [-0.05, 0) is 18.6 Å². The maximum Gasteiger partial charge on any atom is 0.101 e. The van der Waals surface area contributed by atoms with Gasteiger partial charge in [-0.1, -0.05) is 25.1 Å². The SMILES string of the molecule is CCC(Nc1ccccc1)C1CO1. The van der Waals surface area contributed by atoms with Gasteiger partial charge in [0.2, 0.25) is 0 Å². The van der Waals surface area contributed by atoms with Gasteiger partial charge in [0.25, 0.3) is 0 Å². The Kier molecular flexibility index (Phi) is 2.50. The molecule has 1 aliphatic rings. The van der Waals surface area contributed by atoms with Gasteiger partial charge in [-0.25, -0.2) is 0 Å². The fourth-order valence-corrected chi connectivity index (χ4v) is 1.49. The van der Waals surface area contributed by atoms with Crippen molar-refractivity contribution < 1.29 is 4.74 Å². The molecule has 2 heteroatoms. The first-order chi connectivity index (χ1) is 6.40. The summed E-state index contributed by atoms with van der Waals surface area (Å²) >= 11 is 0. The molecule has 70 valence electrons. The van der Waals surface area contributed by atoms with Crippen molar-refractivity contribution in [1.29, 1.82) is 0 Å². The third-order valence-electron chi connectivity index (χ3n) is 2.37. The van der Waals surface area contributed by atoms with Crippen molar-refractivity contribution in [2.24, 2.45) is 0 Å². The molecular weight excluding hydrogens is 162 g/mol. The molecule has 1 aromatic carbocycles. The van der Waals surface area contributed by atoms with Crippen molar-refractivity contribution in [3.63, 3.8) is 0 Å². The average molecular weight is 177 g/mol. The van der Waals surface area contributed by atoms with Gasteiger partial charge in [-0.15, -0.1) is 0 Å². The van der Waals surface area contributed by atoms with Gasteiger partial charge in [-0.2, -0.15) is 0 Å². The lowest BCUT2D eigenvalue weighted by Crippen LogP contribution is -2.24. The number of hydrogen-bond donors (Lipinski definition) is 1. The molecule has 1 saturated heterocycles. The minimum Gasteiger partial charge on any atom is -0.380 e. The largest absolute Gasteiger partial charge is 0.380 e. The third-order valence-corrected chi connectivity index (χ3v) is 2.37. The summed E-state index contributed by atoms with van der Waals surface area (Å²) in [6.45, 7) is 3.10. The van der Waals surface area contributed by atoms with Crippen LogP contribution < -0.4 is 5.32 Å². The zero-order chi connectivity index (χ0) is 9.10. The molecule has 0 radical (unpaired) electrons. The smallest absolute Gasteiger partial charge is 0.101 e. The Morgan fingerprint density at radius 3 is 2.69 bits per heavy atom. The Bertz CT molecular complexity index is 256. The number of benzene rings is 1. The number of epoxide rings is 1. The number of rotatable bonds is 4. The van der Waals surface area contributed by atoms with Crippen molar-refractivity contribution in [3.8, 4) is 0 Å². The van der Waals surface area contributed by atoms with E-state index >= 15 is 0 Å². The quantitative estimate of drug-likeness (QED) is 0.713. The molecular formula is C11H15NO. The van der Waals surface area contributed by atoms with Crippen molar-refractivity contribution in [3.05, 3.63) is 30.3 Å². The van der Waals surface area contributed by atoms with Crippen molar-refractivity contribution in [1.82, 2.24) is 0 Å². The van der Waals surface area contributed by atoms with Crippen LogP contribution in [0.1, 0.15) is 13.3 Å². The number of hydrogen-bond acceptors (Lipinski definition) is 2. The van der Waals surface area contributed by atoms with E-state index in [9.17, 15) is 0 Å². The fraction of sp³-hybridized carbons (Fsp3) is 0.455. The van der Waals surface area contributed by atoms with E-state index in [1.807, 2.05) is 18.2 Å². The number of ether oxygens (including phenoxy) is 1. The molecule has 0 spiro atoms. The molecule has 2 rings (SSSR count). The van der Waals surface area contributed by atoms with Gasteiger partial charge >= 0.3 is 0 Å². The van der Waals surface area contributed by atoms with Crippen LogP contribution in [0.25, 0.3) is 0 Å². The minimum absolute atomic E-state index is 0.435. The summed E-state index contributed by atoms with van der Waals surface area (Å²) in [6, 6.07) is 10.8. The molecule has 0 bridgehead atoms. The second-order valence-electron chi connectivity index (χ2n) is 3.40. The standard InChI is InChI=1S/C11H15NO/c1-2-10(11-8-13-11)12-9-6-4-3-5-7-9/h3-7,10-12H,2,8H2,1H3. The first-order valence-electron chi connectivity index (χ1n) is 4.83. The number of nitrogens with one attached hydrogen (secondary N) is 1. The minimum atomic E-state index is 0.435. The van der Waals surface area contributed by atoms with Crippen LogP contribution in [0.15, 0.2) is 30.3 Å². The summed E-state index contributed by atoms with van der Waals surface area (Å²) in [4.78, 5) is 0. The summed E-state index contributed by atoms with van der Waals surface area (Å²) in [5.74, 6) is 0. The molecule has 1 aliphatic heterocycles. The summed E-state index contributed by atoms with van der Waals surface area (Å²) in [7, 11) is 0. The average Bonchev–Trinajstić information content (AvgIpc) is 2.99. The molecule has 0 saturated carbocycles. The van der Waals surface area contributed by atoms with Crippen molar-refractivity contribution in [2.45, 2.75) is 25.5 Å². The van der Waals surface area contributed by atoms with Gasteiger partial charge in [0.05, 0.1) is 12.6 Å². The monoisotopic (exact) mass is 177 g/mol. The highest BCUT2D eigenvalue weighted by Gasteiger charge is 2.31. The fourth-order valence-electron chi connectivity index (χ4n) is 1.49.